The van der Waals surface area contributed by atoms with Gasteiger partial charge >= 0.3 is 5.97 Å². The molecule has 2 N–H and O–H groups in total. The molecular weight excluding hydrogens is 504 g/mol. The number of benzene rings is 3. The van der Waals surface area contributed by atoms with Gasteiger partial charge in [-0.05, 0) is 68.2 Å². The summed E-state index contributed by atoms with van der Waals surface area (Å²) < 4.78 is 4.85. The molecule has 6 rings (SSSR count). The Morgan fingerprint density at radius 1 is 0.950 bits per heavy atom. The van der Waals surface area contributed by atoms with Crippen LogP contribution in [0.3, 0.4) is 0 Å². The van der Waals surface area contributed by atoms with Gasteiger partial charge in [0.05, 0.1) is 36.2 Å². The molecule has 2 aliphatic heterocycles. The third-order valence-electron chi connectivity index (χ3n) is 7.79. The standard InChI is InChI=1S/C32H32N4O4/c1-40-32(39)23-10-12-25-26(19-23)34-31(38)29(25)30(21-8-4-2-5-9-21)33-24-11-13-27-22(18-24)14-17-36(27)28(37)20-35-15-6-3-7-16-35/h2,4-5,8-13,18-19,34,38H,3,6-7,14-17,20H2,1H3. The zero-order valence-electron chi connectivity index (χ0n) is 22.5. The molecule has 0 unspecified atom stereocenters. The summed E-state index contributed by atoms with van der Waals surface area (Å²) in [6.45, 7) is 3.13. The summed E-state index contributed by atoms with van der Waals surface area (Å²) in [5.74, 6) is -0.330. The number of hydrogen-bond donors (Lipinski definition) is 2. The van der Waals surface area contributed by atoms with Crippen molar-refractivity contribution in [3.63, 3.8) is 0 Å². The van der Waals surface area contributed by atoms with Crippen LogP contribution in [0.25, 0.3) is 10.9 Å². The fraction of sp³-hybridized carbons (Fsp3) is 0.281. The largest absolute Gasteiger partial charge is 0.494 e. The van der Waals surface area contributed by atoms with E-state index in [1.807, 2.05) is 53.4 Å². The molecular formula is C32H32N4O4. The Bertz CT molecular complexity index is 1600. The zero-order valence-corrected chi connectivity index (χ0v) is 22.5. The lowest BCUT2D eigenvalue weighted by atomic mass is 10.00. The maximum absolute atomic E-state index is 13.1. The van der Waals surface area contributed by atoms with Crippen molar-refractivity contribution in [1.29, 1.82) is 0 Å². The van der Waals surface area contributed by atoms with E-state index in [2.05, 4.69) is 9.88 Å². The Kier molecular flexibility index (Phi) is 7.09. The lowest BCUT2D eigenvalue weighted by Gasteiger charge is -2.28. The minimum atomic E-state index is -0.448. The monoisotopic (exact) mass is 536 g/mol. The number of amides is 1. The van der Waals surface area contributed by atoms with Crippen molar-refractivity contribution in [2.45, 2.75) is 25.7 Å². The lowest BCUT2D eigenvalue weighted by molar-refractivity contribution is -0.119. The highest BCUT2D eigenvalue weighted by Crippen LogP contribution is 2.35. The van der Waals surface area contributed by atoms with E-state index in [0.29, 0.717) is 35.4 Å². The summed E-state index contributed by atoms with van der Waals surface area (Å²) in [5, 5.41) is 11.8. The van der Waals surface area contributed by atoms with Crippen LogP contribution in [0.2, 0.25) is 0 Å². The topological polar surface area (TPSA) is 98.2 Å². The fourth-order valence-corrected chi connectivity index (χ4v) is 5.77. The van der Waals surface area contributed by atoms with Crippen LogP contribution in [-0.4, -0.2) is 65.9 Å². The highest BCUT2D eigenvalue weighted by atomic mass is 16.5. The Hall–Kier alpha value is -4.43. The first-order valence-corrected chi connectivity index (χ1v) is 13.7. The quantitative estimate of drug-likeness (QED) is 0.261. The smallest absolute Gasteiger partial charge is 0.337 e. The average Bonchev–Trinajstić information content (AvgIpc) is 3.56. The number of ether oxygens (including phenoxy) is 1. The minimum absolute atomic E-state index is 0.0322. The van der Waals surface area contributed by atoms with Gasteiger partial charge in [-0.1, -0.05) is 42.8 Å². The van der Waals surface area contributed by atoms with Crippen LogP contribution in [0, 0.1) is 0 Å². The van der Waals surface area contributed by atoms with Crippen molar-refractivity contribution in [2.24, 2.45) is 4.99 Å². The lowest BCUT2D eigenvalue weighted by Crippen LogP contribution is -2.41. The number of anilines is 1. The second kappa shape index (κ2) is 11.0. The molecule has 4 aromatic rings. The Morgan fingerprint density at radius 3 is 2.52 bits per heavy atom. The van der Waals surface area contributed by atoms with Crippen LogP contribution in [0.4, 0.5) is 11.4 Å². The van der Waals surface area contributed by atoms with E-state index in [9.17, 15) is 14.7 Å². The SMILES string of the molecule is COC(=O)c1ccc2c(C(=Nc3ccc4c(c3)CCN4C(=O)CN3CCCCC3)c3ccccc3)c(O)[nH]c2c1. The Labute approximate surface area is 232 Å². The second-order valence-corrected chi connectivity index (χ2v) is 10.4. The summed E-state index contributed by atoms with van der Waals surface area (Å²) in [4.78, 5) is 37.4. The number of fused-ring (bicyclic) bond motifs is 2. The number of methoxy groups -OCH3 is 1. The van der Waals surface area contributed by atoms with Crippen molar-refractivity contribution in [2.75, 3.05) is 38.2 Å². The van der Waals surface area contributed by atoms with Gasteiger partial charge in [0.15, 0.2) is 5.88 Å². The summed E-state index contributed by atoms with van der Waals surface area (Å²) in [7, 11) is 1.34. The van der Waals surface area contributed by atoms with Gasteiger partial charge in [0.2, 0.25) is 5.91 Å². The molecule has 8 heteroatoms. The van der Waals surface area contributed by atoms with E-state index < -0.39 is 5.97 Å². The van der Waals surface area contributed by atoms with E-state index in [4.69, 9.17) is 9.73 Å². The van der Waals surface area contributed by atoms with Gasteiger partial charge in [-0.3, -0.25) is 9.69 Å². The van der Waals surface area contributed by atoms with Crippen LogP contribution in [0.15, 0.2) is 71.7 Å². The zero-order chi connectivity index (χ0) is 27.6. The van der Waals surface area contributed by atoms with E-state index in [0.717, 1.165) is 60.2 Å². The van der Waals surface area contributed by atoms with Gasteiger partial charge in [-0.2, -0.15) is 0 Å². The molecule has 1 amide bonds. The molecule has 0 radical (unpaired) electrons. The summed E-state index contributed by atoms with van der Waals surface area (Å²) in [6.07, 6.45) is 4.34. The number of esters is 1. The van der Waals surface area contributed by atoms with Crippen LogP contribution in [0.5, 0.6) is 5.88 Å². The van der Waals surface area contributed by atoms with E-state index in [1.54, 1.807) is 18.2 Å². The predicted octanol–water partition coefficient (Wildman–Crippen LogP) is 5.20. The van der Waals surface area contributed by atoms with Gasteiger partial charge in [0.1, 0.15) is 0 Å². The van der Waals surface area contributed by atoms with E-state index in [1.165, 1.54) is 13.5 Å². The number of rotatable bonds is 6. The van der Waals surface area contributed by atoms with E-state index >= 15 is 0 Å². The molecule has 3 heterocycles. The summed E-state index contributed by atoms with van der Waals surface area (Å²) in [5.41, 5.74) is 5.77. The normalized spacial score (nSPS) is 15.8. The first-order chi connectivity index (χ1) is 19.5. The first kappa shape index (κ1) is 25.8. The number of piperidine rings is 1. The Morgan fingerprint density at radius 2 is 1.75 bits per heavy atom. The maximum atomic E-state index is 13.1. The number of aromatic amines is 1. The van der Waals surface area contributed by atoms with Crippen molar-refractivity contribution in [3.8, 4) is 5.88 Å². The number of aromatic nitrogens is 1. The first-order valence-electron chi connectivity index (χ1n) is 13.7. The molecule has 8 nitrogen and oxygen atoms in total. The van der Waals surface area contributed by atoms with Crippen molar-refractivity contribution >= 4 is 39.9 Å². The van der Waals surface area contributed by atoms with Crippen molar-refractivity contribution < 1.29 is 19.4 Å². The van der Waals surface area contributed by atoms with Gasteiger partial charge < -0.3 is 19.7 Å². The number of H-pyrrole nitrogens is 1. The fourth-order valence-electron chi connectivity index (χ4n) is 5.77. The molecule has 204 valence electrons. The van der Waals surface area contributed by atoms with Crippen LogP contribution < -0.4 is 4.90 Å². The number of aromatic hydroxyl groups is 1. The number of aliphatic imine (C=N–C) groups is 1. The minimum Gasteiger partial charge on any atom is -0.494 e. The van der Waals surface area contributed by atoms with Crippen molar-refractivity contribution in [3.05, 3.63) is 89.0 Å². The molecule has 0 saturated carbocycles. The van der Waals surface area contributed by atoms with Crippen LogP contribution in [0.1, 0.15) is 46.3 Å². The number of carbonyl (C=O) groups excluding carboxylic acids is 2. The number of likely N-dealkylation sites (tertiary alicyclic amines) is 1. The maximum Gasteiger partial charge on any atom is 0.337 e. The van der Waals surface area contributed by atoms with Crippen LogP contribution >= 0.6 is 0 Å². The molecule has 0 bridgehead atoms. The highest BCUT2D eigenvalue weighted by molar-refractivity contribution is 6.22. The Balaban J connectivity index is 1.36. The molecule has 40 heavy (non-hydrogen) atoms. The third kappa shape index (κ3) is 4.98. The van der Waals surface area contributed by atoms with Crippen molar-refractivity contribution in [1.82, 2.24) is 9.88 Å². The van der Waals surface area contributed by atoms with Gasteiger partial charge in [0.25, 0.3) is 0 Å². The molecule has 2 aliphatic rings. The third-order valence-corrected chi connectivity index (χ3v) is 7.79. The molecule has 0 atom stereocenters. The van der Waals surface area contributed by atoms with Gasteiger partial charge in [0, 0.05) is 28.7 Å². The summed E-state index contributed by atoms with van der Waals surface area (Å²) >= 11 is 0. The molecule has 0 aliphatic carbocycles. The molecule has 1 aromatic heterocycles. The van der Waals surface area contributed by atoms with Crippen LogP contribution in [-0.2, 0) is 16.0 Å². The average molecular weight is 537 g/mol. The number of nitrogens with zero attached hydrogens (tertiary/aromatic N) is 3. The molecule has 0 spiro atoms. The number of nitrogens with one attached hydrogen (secondary N) is 1. The van der Waals surface area contributed by atoms with E-state index in [-0.39, 0.29) is 11.8 Å². The molecule has 1 saturated heterocycles. The highest BCUT2D eigenvalue weighted by Gasteiger charge is 2.27. The van der Waals surface area contributed by atoms with Gasteiger partial charge in [-0.15, -0.1) is 0 Å². The molecule has 1 fully saturated rings. The predicted molar refractivity (Wildman–Crippen MR) is 156 cm³/mol. The second-order valence-electron chi connectivity index (χ2n) is 10.4. The summed E-state index contributed by atoms with van der Waals surface area (Å²) in [6, 6.07) is 20.8. The number of hydrogen-bond acceptors (Lipinski definition) is 6. The van der Waals surface area contributed by atoms with Gasteiger partial charge in [-0.25, -0.2) is 9.79 Å². The molecule has 3 aromatic carbocycles. The number of carbonyl (C=O) groups is 2.